The number of fused-ring (bicyclic) bond motifs is 1. The van der Waals surface area contributed by atoms with Crippen LogP contribution in [0.1, 0.15) is 5.56 Å². The van der Waals surface area contributed by atoms with Gasteiger partial charge in [0.25, 0.3) is 0 Å². The van der Waals surface area contributed by atoms with Gasteiger partial charge in [0, 0.05) is 27.8 Å². The van der Waals surface area contributed by atoms with E-state index in [-0.39, 0.29) is 36.0 Å². The molecule has 28 heavy (non-hydrogen) atoms. The largest absolute Gasteiger partial charge is 0.306 e. The lowest BCUT2D eigenvalue weighted by molar-refractivity contribution is -0.123. The fourth-order valence-corrected chi connectivity index (χ4v) is 6.44. The topological polar surface area (TPSA) is 57.7 Å². The normalized spacial score (nSPS) is 24.4. The second-order valence-electron chi connectivity index (χ2n) is 7.30. The molecule has 2 aromatic carbocycles. The van der Waals surface area contributed by atoms with Crippen LogP contribution < -0.4 is 4.90 Å². The molecule has 0 unspecified atom stereocenters. The number of anilines is 1. The average Bonchev–Trinajstić information content (AvgIpc) is 2.97. The van der Waals surface area contributed by atoms with E-state index in [4.69, 9.17) is 11.6 Å². The summed E-state index contributed by atoms with van der Waals surface area (Å²) in [7, 11) is -3.19. The number of amides is 1. The number of carbonyl (C=O) groups excluding carboxylic acids is 1. The second kappa shape index (κ2) is 7.78. The Kier molecular flexibility index (Phi) is 5.53. The van der Waals surface area contributed by atoms with E-state index in [1.165, 1.54) is 0 Å². The lowest BCUT2D eigenvalue weighted by Crippen LogP contribution is -2.62. The predicted octanol–water partition coefficient (Wildman–Crippen LogP) is 3.16. The van der Waals surface area contributed by atoms with Crippen molar-refractivity contribution in [3.63, 3.8) is 0 Å². The van der Waals surface area contributed by atoms with Gasteiger partial charge in [0.1, 0.15) is 0 Å². The van der Waals surface area contributed by atoms with Gasteiger partial charge in [-0.1, -0.05) is 39.7 Å². The molecule has 0 radical (unpaired) electrons. The third kappa shape index (κ3) is 4.13. The molecule has 0 spiro atoms. The van der Waals surface area contributed by atoms with Gasteiger partial charge in [0.05, 0.1) is 24.1 Å². The van der Waals surface area contributed by atoms with Gasteiger partial charge < -0.3 is 4.90 Å². The molecule has 2 aliphatic heterocycles. The smallest absolute Gasteiger partial charge is 0.241 e. The zero-order chi connectivity index (χ0) is 19.9. The van der Waals surface area contributed by atoms with Crippen LogP contribution in [0.15, 0.2) is 53.0 Å². The van der Waals surface area contributed by atoms with E-state index in [1.807, 2.05) is 53.4 Å². The molecule has 4 rings (SSSR count). The van der Waals surface area contributed by atoms with Crippen LogP contribution in [-0.2, 0) is 21.1 Å². The number of piperazine rings is 1. The monoisotopic (exact) mass is 482 g/mol. The summed E-state index contributed by atoms with van der Waals surface area (Å²) in [5, 5.41) is 0.684. The van der Waals surface area contributed by atoms with E-state index < -0.39 is 9.84 Å². The third-order valence-electron chi connectivity index (χ3n) is 5.41. The number of hydrogen-bond acceptors (Lipinski definition) is 4. The molecule has 5 nitrogen and oxygen atoms in total. The Hall–Kier alpha value is -1.41. The quantitative estimate of drug-likeness (QED) is 0.670. The molecule has 0 N–H and O–H groups in total. The van der Waals surface area contributed by atoms with Crippen molar-refractivity contribution in [3.8, 4) is 0 Å². The summed E-state index contributed by atoms with van der Waals surface area (Å²) in [6.07, 6.45) is 0.742. The first-order valence-electron chi connectivity index (χ1n) is 9.09. The first kappa shape index (κ1) is 19.9. The predicted molar refractivity (Wildman–Crippen MR) is 115 cm³/mol. The van der Waals surface area contributed by atoms with E-state index in [0.717, 1.165) is 22.1 Å². The summed E-state index contributed by atoms with van der Waals surface area (Å²) in [6.45, 7) is 0.860. The number of carbonyl (C=O) groups is 1. The molecular formula is C20H20BrClN2O3S. The first-order valence-corrected chi connectivity index (χ1v) is 12.1. The fraction of sp³-hybridized carbons (Fsp3) is 0.350. The zero-order valence-electron chi connectivity index (χ0n) is 15.1. The Morgan fingerprint density at radius 3 is 2.32 bits per heavy atom. The number of hydrogen-bond donors (Lipinski definition) is 0. The molecule has 2 aliphatic rings. The van der Waals surface area contributed by atoms with Gasteiger partial charge in [-0.15, -0.1) is 0 Å². The van der Waals surface area contributed by atoms with Crippen molar-refractivity contribution in [3.05, 3.63) is 63.6 Å². The molecule has 8 heteroatoms. The number of nitrogens with zero attached hydrogens (tertiary/aromatic N) is 2. The lowest BCUT2D eigenvalue weighted by atomic mass is 10.0. The standard InChI is InChI=1S/C20H20BrClN2O3S/c21-15-3-7-17(8-4-15)24-19-13-28(26,27)12-18(19)23(11-20(24)25)10-9-14-1-5-16(22)6-2-14/h1-8,18-19H,9-13H2/t18-,19+/m1/s1. The Labute approximate surface area is 178 Å². The number of rotatable bonds is 4. The van der Waals surface area contributed by atoms with Gasteiger partial charge >= 0.3 is 0 Å². The van der Waals surface area contributed by atoms with Crippen LogP contribution in [0, 0.1) is 0 Å². The number of sulfone groups is 1. The van der Waals surface area contributed by atoms with E-state index in [1.54, 1.807) is 4.90 Å². The summed E-state index contributed by atoms with van der Waals surface area (Å²) in [5.74, 6) is 0.0481. The molecule has 1 amide bonds. The minimum Gasteiger partial charge on any atom is -0.306 e. The van der Waals surface area contributed by atoms with Crippen molar-refractivity contribution in [2.75, 3.05) is 29.5 Å². The fourth-order valence-electron chi connectivity index (χ4n) is 4.06. The van der Waals surface area contributed by atoms with E-state index >= 15 is 0 Å². The van der Waals surface area contributed by atoms with Crippen molar-refractivity contribution < 1.29 is 13.2 Å². The Morgan fingerprint density at radius 1 is 1.00 bits per heavy atom. The highest BCUT2D eigenvalue weighted by atomic mass is 79.9. The van der Waals surface area contributed by atoms with Gasteiger partial charge in [0.2, 0.25) is 5.91 Å². The Morgan fingerprint density at radius 2 is 1.64 bits per heavy atom. The van der Waals surface area contributed by atoms with E-state index in [2.05, 4.69) is 15.9 Å². The molecule has 148 valence electrons. The van der Waals surface area contributed by atoms with Crippen molar-refractivity contribution in [2.45, 2.75) is 18.5 Å². The van der Waals surface area contributed by atoms with Crippen LogP contribution in [0.5, 0.6) is 0 Å². The summed E-state index contributed by atoms with van der Waals surface area (Å²) in [6, 6.07) is 14.5. The molecule has 2 saturated heterocycles. The lowest BCUT2D eigenvalue weighted by Gasteiger charge is -2.43. The van der Waals surface area contributed by atoms with Crippen LogP contribution in [0.2, 0.25) is 5.02 Å². The minimum atomic E-state index is -3.19. The molecule has 2 fully saturated rings. The van der Waals surface area contributed by atoms with Gasteiger partial charge in [-0.2, -0.15) is 0 Å². The molecule has 2 atom stereocenters. The molecule has 0 aliphatic carbocycles. The summed E-state index contributed by atoms with van der Waals surface area (Å²) < 4.78 is 25.7. The molecule has 2 heterocycles. The second-order valence-corrected chi connectivity index (χ2v) is 10.8. The van der Waals surface area contributed by atoms with Gasteiger partial charge in [-0.25, -0.2) is 8.42 Å². The number of benzene rings is 2. The van der Waals surface area contributed by atoms with E-state index in [0.29, 0.717) is 11.6 Å². The maximum atomic E-state index is 13.0. The van der Waals surface area contributed by atoms with Gasteiger partial charge in [-0.05, 0) is 48.4 Å². The SMILES string of the molecule is O=C1CN(CCc2ccc(Cl)cc2)[C@@H]2CS(=O)(=O)C[C@@H]2N1c1ccc(Br)cc1. The highest BCUT2D eigenvalue weighted by Gasteiger charge is 2.49. The molecule has 0 bridgehead atoms. The maximum Gasteiger partial charge on any atom is 0.241 e. The van der Waals surface area contributed by atoms with Crippen LogP contribution >= 0.6 is 27.5 Å². The van der Waals surface area contributed by atoms with Gasteiger partial charge in [-0.3, -0.25) is 9.69 Å². The average molecular weight is 484 g/mol. The molecule has 0 aromatic heterocycles. The highest BCUT2D eigenvalue weighted by Crippen LogP contribution is 2.32. The third-order valence-corrected chi connectivity index (χ3v) is 7.89. The van der Waals surface area contributed by atoms with Crippen LogP contribution in [0.3, 0.4) is 0 Å². The summed E-state index contributed by atoms with van der Waals surface area (Å²) in [5.41, 5.74) is 1.86. The van der Waals surface area contributed by atoms with Crippen LogP contribution in [0.25, 0.3) is 0 Å². The van der Waals surface area contributed by atoms with Crippen LogP contribution in [-0.4, -0.2) is 55.9 Å². The van der Waals surface area contributed by atoms with Crippen molar-refractivity contribution in [1.82, 2.24) is 4.90 Å². The van der Waals surface area contributed by atoms with E-state index in [9.17, 15) is 13.2 Å². The molecular weight excluding hydrogens is 464 g/mol. The maximum absolute atomic E-state index is 13.0. The summed E-state index contributed by atoms with van der Waals surface area (Å²) >= 11 is 9.34. The Balaban J connectivity index is 1.57. The molecule has 0 saturated carbocycles. The minimum absolute atomic E-state index is 0.0108. The van der Waals surface area contributed by atoms with Crippen molar-refractivity contribution >= 4 is 49.0 Å². The first-order chi connectivity index (χ1) is 13.3. The molecule has 2 aromatic rings. The van der Waals surface area contributed by atoms with Crippen LogP contribution in [0.4, 0.5) is 5.69 Å². The van der Waals surface area contributed by atoms with Gasteiger partial charge in [0.15, 0.2) is 9.84 Å². The van der Waals surface area contributed by atoms with Crippen molar-refractivity contribution in [2.24, 2.45) is 0 Å². The highest BCUT2D eigenvalue weighted by molar-refractivity contribution is 9.10. The Bertz CT molecular complexity index is 980. The number of halogens is 2. The van der Waals surface area contributed by atoms with Crippen molar-refractivity contribution in [1.29, 1.82) is 0 Å². The summed E-state index contributed by atoms with van der Waals surface area (Å²) in [4.78, 5) is 16.7. The zero-order valence-corrected chi connectivity index (χ0v) is 18.3.